The number of benzene rings is 1. The van der Waals surface area contributed by atoms with Crippen LogP contribution in [-0.4, -0.2) is 29.5 Å². The third kappa shape index (κ3) is 6.09. The minimum atomic E-state index is -4.71. The Morgan fingerprint density at radius 1 is 1.22 bits per heavy atom. The van der Waals surface area contributed by atoms with Gasteiger partial charge in [-0.1, -0.05) is 25.0 Å². The summed E-state index contributed by atoms with van der Waals surface area (Å²) >= 11 is 0. The molecule has 0 bridgehead atoms. The standard InChI is InChI=1S/C16H20F3NO3/c17-16(18,19)23-12-8-5-11(6-9-12)7-10-15(22)20-13-3-1-2-4-14(13)21/h5-6,8-9,13-14,21H,1-4,7,10H2,(H,20,22). The molecule has 2 N–H and O–H groups in total. The largest absolute Gasteiger partial charge is 0.573 e. The number of aliphatic hydroxyl groups is 1. The highest BCUT2D eigenvalue weighted by Gasteiger charge is 2.31. The normalized spacial score (nSPS) is 21.7. The Labute approximate surface area is 132 Å². The van der Waals surface area contributed by atoms with Gasteiger partial charge in [0, 0.05) is 6.42 Å². The molecule has 1 aromatic carbocycles. The topological polar surface area (TPSA) is 58.6 Å². The van der Waals surface area contributed by atoms with Gasteiger partial charge in [-0.15, -0.1) is 13.2 Å². The fraction of sp³-hybridized carbons (Fsp3) is 0.562. The van der Waals surface area contributed by atoms with E-state index in [1.807, 2.05) is 0 Å². The number of hydrogen-bond donors (Lipinski definition) is 2. The summed E-state index contributed by atoms with van der Waals surface area (Å²) in [4.78, 5) is 11.9. The highest BCUT2D eigenvalue weighted by molar-refractivity contribution is 5.76. The lowest BCUT2D eigenvalue weighted by Crippen LogP contribution is -2.45. The van der Waals surface area contributed by atoms with Crippen molar-refractivity contribution in [1.29, 1.82) is 0 Å². The molecule has 2 unspecified atom stereocenters. The first kappa shape index (κ1) is 17.6. The van der Waals surface area contributed by atoms with Crippen LogP contribution in [0.1, 0.15) is 37.7 Å². The maximum Gasteiger partial charge on any atom is 0.573 e. The summed E-state index contributed by atoms with van der Waals surface area (Å²) < 4.78 is 40.0. The molecule has 2 rings (SSSR count). The van der Waals surface area contributed by atoms with Gasteiger partial charge in [-0.25, -0.2) is 0 Å². The number of ether oxygens (including phenoxy) is 1. The Hall–Kier alpha value is -1.76. The third-order valence-electron chi connectivity index (χ3n) is 3.87. The second kappa shape index (κ2) is 7.68. The molecule has 7 heteroatoms. The Kier molecular flexibility index (Phi) is 5.87. The second-order valence-corrected chi connectivity index (χ2v) is 5.72. The minimum Gasteiger partial charge on any atom is -0.406 e. The van der Waals surface area contributed by atoms with Crippen LogP contribution in [0.25, 0.3) is 0 Å². The van der Waals surface area contributed by atoms with E-state index in [2.05, 4.69) is 10.1 Å². The number of aryl methyl sites for hydroxylation is 1. The van der Waals surface area contributed by atoms with Crippen LogP contribution >= 0.6 is 0 Å². The first-order valence-corrected chi connectivity index (χ1v) is 7.65. The number of alkyl halides is 3. The Morgan fingerprint density at radius 2 is 1.87 bits per heavy atom. The Bertz CT molecular complexity index is 516. The van der Waals surface area contributed by atoms with Gasteiger partial charge in [0.1, 0.15) is 5.75 Å². The molecule has 23 heavy (non-hydrogen) atoms. The molecule has 4 nitrogen and oxygen atoms in total. The molecule has 0 spiro atoms. The molecular weight excluding hydrogens is 311 g/mol. The second-order valence-electron chi connectivity index (χ2n) is 5.72. The highest BCUT2D eigenvalue weighted by Crippen LogP contribution is 2.23. The highest BCUT2D eigenvalue weighted by atomic mass is 19.4. The maximum absolute atomic E-state index is 12.1. The molecule has 128 valence electrons. The van der Waals surface area contributed by atoms with Crippen molar-refractivity contribution in [1.82, 2.24) is 5.32 Å². The number of halogens is 3. The zero-order valence-electron chi connectivity index (χ0n) is 12.6. The van der Waals surface area contributed by atoms with E-state index in [9.17, 15) is 23.1 Å². The maximum atomic E-state index is 12.1. The van der Waals surface area contributed by atoms with Gasteiger partial charge in [0.15, 0.2) is 0 Å². The molecule has 0 saturated heterocycles. The molecule has 1 aliphatic rings. The van der Waals surface area contributed by atoms with Gasteiger partial charge in [0.25, 0.3) is 0 Å². The van der Waals surface area contributed by atoms with Gasteiger partial charge in [0.2, 0.25) is 5.91 Å². The van der Waals surface area contributed by atoms with Gasteiger partial charge >= 0.3 is 6.36 Å². The third-order valence-corrected chi connectivity index (χ3v) is 3.87. The fourth-order valence-electron chi connectivity index (χ4n) is 2.67. The van der Waals surface area contributed by atoms with Crippen molar-refractivity contribution in [2.75, 3.05) is 0 Å². The number of carbonyl (C=O) groups is 1. The number of hydrogen-bond acceptors (Lipinski definition) is 3. The zero-order valence-corrected chi connectivity index (χ0v) is 12.6. The average Bonchev–Trinajstić information content (AvgIpc) is 2.47. The monoisotopic (exact) mass is 331 g/mol. The fourth-order valence-corrected chi connectivity index (χ4v) is 2.67. The van der Waals surface area contributed by atoms with E-state index >= 15 is 0 Å². The van der Waals surface area contributed by atoms with E-state index in [4.69, 9.17) is 0 Å². The SMILES string of the molecule is O=C(CCc1ccc(OC(F)(F)F)cc1)NC1CCCCC1O. The average molecular weight is 331 g/mol. The van der Waals surface area contributed by atoms with Crippen LogP contribution < -0.4 is 10.1 Å². The lowest BCUT2D eigenvalue weighted by molar-refractivity contribution is -0.274. The molecule has 1 amide bonds. The molecule has 1 aromatic rings. The van der Waals surface area contributed by atoms with E-state index in [0.717, 1.165) is 24.8 Å². The van der Waals surface area contributed by atoms with E-state index in [1.165, 1.54) is 24.3 Å². The Morgan fingerprint density at radius 3 is 2.48 bits per heavy atom. The molecule has 1 fully saturated rings. The Balaban J connectivity index is 1.77. The van der Waals surface area contributed by atoms with Crippen LogP contribution in [0.5, 0.6) is 5.75 Å². The molecule has 0 radical (unpaired) electrons. The van der Waals surface area contributed by atoms with Crippen LogP contribution in [0.2, 0.25) is 0 Å². The van der Waals surface area contributed by atoms with Crippen molar-refractivity contribution < 1.29 is 27.8 Å². The summed E-state index contributed by atoms with van der Waals surface area (Å²) in [6.45, 7) is 0. The number of nitrogens with one attached hydrogen (secondary N) is 1. The number of carbonyl (C=O) groups excluding carboxylic acids is 1. The van der Waals surface area contributed by atoms with Crippen molar-refractivity contribution in [2.45, 2.75) is 57.0 Å². The predicted octanol–water partition coefficient (Wildman–Crippen LogP) is 2.94. The van der Waals surface area contributed by atoms with Gasteiger partial charge in [-0.05, 0) is 37.0 Å². The van der Waals surface area contributed by atoms with Crippen LogP contribution in [-0.2, 0) is 11.2 Å². The van der Waals surface area contributed by atoms with Gasteiger partial charge in [-0.3, -0.25) is 4.79 Å². The lowest BCUT2D eigenvalue weighted by atomic mass is 9.92. The first-order chi connectivity index (χ1) is 10.8. The van der Waals surface area contributed by atoms with E-state index in [1.54, 1.807) is 0 Å². The quantitative estimate of drug-likeness (QED) is 0.872. The van der Waals surface area contributed by atoms with Crippen LogP contribution in [0.4, 0.5) is 13.2 Å². The number of rotatable bonds is 5. The van der Waals surface area contributed by atoms with Crippen LogP contribution in [0.15, 0.2) is 24.3 Å². The van der Waals surface area contributed by atoms with E-state index < -0.39 is 12.5 Å². The summed E-state index contributed by atoms with van der Waals surface area (Å²) in [5.74, 6) is -0.442. The molecule has 1 aliphatic carbocycles. The molecule has 2 atom stereocenters. The molecule has 0 aliphatic heterocycles. The number of aliphatic hydroxyl groups excluding tert-OH is 1. The van der Waals surface area contributed by atoms with Crippen LogP contribution in [0.3, 0.4) is 0 Å². The van der Waals surface area contributed by atoms with Crippen LogP contribution in [0, 0.1) is 0 Å². The summed E-state index contributed by atoms with van der Waals surface area (Å²) in [6, 6.07) is 5.27. The van der Waals surface area contributed by atoms with Gasteiger partial charge in [-0.2, -0.15) is 0 Å². The lowest BCUT2D eigenvalue weighted by Gasteiger charge is -2.28. The predicted molar refractivity (Wildman–Crippen MR) is 77.9 cm³/mol. The van der Waals surface area contributed by atoms with E-state index in [0.29, 0.717) is 12.8 Å². The summed E-state index contributed by atoms with van der Waals surface area (Å²) in [6.07, 6.45) is -1.12. The summed E-state index contributed by atoms with van der Waals surface area (Å²) in [7, 11) is 0. The molecule has 0 aromatic heterocycles. The molecule has 0 heterocycles. The summed E-state index contributed by atoms with van der Waals surface area (Å²) in [5, 5.41) is 12.6. The zero-order chi connectivity index (χ0) is 16.9. The van der Waals surface area contributed by atoms with Gasteiger partial charge in [0.05, 0.1) is 12.1 Å². The minimum absolute atomic E-state index is 0.161. The molecule has 1 saturated carbocycles. The van der Waals surface area contributed by atoms with Crippen molar-refractivity contribution in [3.8, 4) is 5.75 Å². The van der Waals surface area contributed by atoms with Crippen molar-refractivity contribution in [3.63, 3.8) is 0 Å². The van der Waals surface area contributed by atoms with Crippen molar-refractivity contribution in [3.05, 3.63) is 29.8 Å². The van der Waals surface area contributed by atoms with E-state index in [-0.39, 0.29) is 24.1 Å². The van der Waals surface area contributed by atoms with Gasteiger partial charge < -0.3 is 15.2 Å². The molecular formula is C16H20F3NO3. The smallest absolute Gasteiger partial charge is 0.406 e. The number of amides is 1. The van der Waals surface area contributed by atoms with Crippen molar-refractivity contribution >= 4 is 5.91 Å². The summed E-state index contributed by atoms with van der Waals surface area (Å²) in [5.41, 5.74) is 0.749. The van der Waals surface area contributed by atoms with Crippen molar-refractivity contribution in [2.24, 2.45) is 0 Å². The first-order valence-electron chi connectivity index (χ1n) is 7.65.